The molecule has 1 aliphatic heterocycles. The number of aliphatic carboxylic acids is 1. The van der Waals surface area contributed by atoms with Gasteiger partial charge in [-0.15, -0.1) is 11.3 Å². The van der Waals surface area contributed by atoms with Crippen LogP contribution in [0.15, 0.2) is 24.3 Å². The maximum absolute atomic E-state index is 12.9. The van der Waals surface area contributed by atoms with E-state index >= 15 is 0 Å². The van der Waals surface area contributed by atoms with Crippen molar-refractivity contribution in [3.63, 3.8) is 0 Å². The second-order valence-corrected chi connectivity index (χ2v) is 7.26. The van der Waals surface area contributed by atoms with Crippen LogP contribution in [0.4, 0.5) is 4.79 Å². The number of hydrogen-bond acceptors (Lipinski definition) is 4. The molecule has 1 aromatic carbocycles. The van der Waals surface area contributed by atoms with Crippen LogP contribution in [0.5, 0.6) is 0 Å². The van der Waals surface area contributed by atoms with Crippen molar-refractivity contribution in [2.24, 2.45) is 0 Å². The Kier molecular flexibility index (Phi) is 5.41. The van der Waals surface area contributed by atoms with Crippen LogP contribution in [0.25, 0.3) is 10.1 Å². The maximum atomic E-state index is 12.9. The molecule has 1 aliphatic rings. The van der Waals surface area contributed by atoms with Gasteiger partial charge in [-0.2, -0.15) is 0 Å². The number of nitrogens with one attached hydrogen (secondary N) is 1. The molecule has 1 saturated heterocycles. The number of nitrogens with zero attached hydrogens (tertiary/aromatic N) is 2. The number of carboxylic acid groups (broad SMARTS) is 1. The molecule has 2 aromatic rings. The van der Waals surface area contributed by atoms with E-state index in [4.69, 9.17) is 5.11 Å². The number of piperazine rings is 1. The number of carboxylic acids is 1. The van der Waals surface area contributed by atoms with Crippen molar-refractivity contribution in [2.45, 2.75) is 13.3 Å². The molecule has 1 fully saturated rings. The molecule has 0 aliphatic carbocycles. The van der Waals surface area contributed by atoms with Gasteiger partial charge in [-0.1, -0.05) is 18.2 Å². The molecule has 3 rings (SSSR count). The van der Waals surface area contributed by atoms with E-state index in [2.05, 4.69) is 5.32 Å². The van der Waals surface area contributed by atoms with Gasteiger partial charge in [-0.25, -0.2) is 4.79 Å². The molecule has 8 heteroatoms. The van der Waals surface area contributed by atoms with Crippen molar-refractivity contribution in [2.75, 3.05) is 32.7 Å². The van der Waals surface area contributed by atoms with Crippen LogP contribution < -0.4 is 5.32 Å². The van der Waals surface area contributed by atoms with Gasteiger partial charge in [0.2, 0.25) is 0 Å². The van der Waals surface area contributed by atoms with Crippen molar-refractivity contribution in [1.82, 2.24) is 15.1 Å². The number of urea groups is 1. The predicted molar refractivity (Wildman–Crippen MR) is 99.7 cm³/mol. The number of hydrogen-bond donors (Lipinski definition) is 2. The largest absolute Gasteiger partial charge is 0.481 e. The van der Waals surface area contributed by atoms with E-state index in [9.17, 15) is 14.4 Å². The zero-order valence-corrected chi connectivity index (χ0v) is 15.3. The molecular weight excluding hydrogens is 354 g/mol. The summed E-state index contributed by atoms with van der Waals surface area (Å²) in [5.41, 5.74) is 1.00. The summed E-state index contributed by atoms with van der Waals surface area (Å²) in [7, 11) is 0. The minimum atomic E-state index is -0.945. The fourth-order valence-corrected chi connectivity index (χ4v) is 4.20. The Hall–Kier alpha value is -2.61. The summed E-state index contributed by atoms with van der Waals surface area (Å²) in [6, 6.07) is 7.70. The van der Waals surface area contributed by atoms with Gasteiger partial charge in [0.15, 0.2) is 0 Å². The van der Waals surface area contributed by atoms with Gasteiger partial charge >= 0.3 is 12.0 Å². The van der Waals surface area contributed by atoms with Crippen LogP contribution in [0, 0.1) is 6.92 Å². The lowest BCUT2D eigenvalue weighted by Crippen LogP contribution is -2.53. The Bertz CT molecular complexity index is 840. The van der Waals surface area contributed by atoms with Crippen LogP contribution >= 0.6 is 11.3 Å². The minimum Gasteiger partial charge on any atom is -0.481 e. The topological polar surface area (TPSA) is 90.0 Å². The number of fused-ring (bicyclic) bond motifs is 1. The van der Waals surface area contributed by atoms with E-state index in [0.29, 0.717) is 26.2 Å². The normalized spacial score (nSPS) is 14.5. The smallest absolute Gasteiger partial charge is 0.317 e. The summed E-state index contributed by atoms with van der Waals surface area (Å²) < 4.78 is 1.10. The van der Waals surface area contributed by atoms with Crippen molar-refractivity contribution < 1.29 is 19.5 Å². The first-order chi connectivity index (χ1) is 12.5. The van der Waals surface area contributed by atoms with Crippen molar-refractivity contribution in [1.29, 1.82) is 0 Å². The molecule has 0 unspecified atom stereocenters. The van der Waals surface area contributed by atoms with E-state index in [-0.39, 0.29) is 24.9 Å². The first-order valence-electron chi connectivity index (χ1n) is 8.49. The van der Waals surface area contributed by atoms with E-state index in [1.54, 1.807) is 9.80 Å². The third-order valence-corrected chi connectivity index (χ3v) is 5.77. The molecular formula is C18H21N3O4S. The molecule has 0 radical (unpaired) electrons. The molecule has 3 amide bonds. The highest BCUT2D eigenvalue weighted by Crippen LogP contribution is 2.31. The van der Waals surface area contributed by atoms with Crippen LogP contribution in [0.1, 0.15) is 21.7 Å². The summed E-state index contributed by atoms with van der Waals surface area (Å²) in [6.07, 6.45) is -0.102. The number of carbonyl (C=O) groups excluding carboxylic acids is 2. The van der Waals surface area contributed by atoms with Crippen molar-refractivity contribution >= 4 is 39.3 Å². The molecule has 0 atom stereocenters. The number of thiophene rings is 1. The lowest BCUT2D eigenvalue weighted by atomic mass is 10.1. The van der Waals surface area contributed by atoms with E-state index in [1.165, 1.54) is 11.3 Å². The summed E-state index contributed by atoms with van der Waals surface area (Å²) in [5, 5.41) is 12.3. The first-order valence-corrected chi connectivity index (χ1v) is 9.31. The zero-order chi connectivity index (χ0) is 18.7. The summed E-state index contributed by atoms with van der Waals surface area (Å²) in [5.74, 6) is -0.936. The van der Waals surface area contributed by atoms with Gasteiger partial charge in [0.05, 0.1) is 11.3 Å². The molecule has 26 heavy (non-hydrogen) atoms. The van der Waals surface area contributed by atoms with Crippen LogP contribution in [-0.2, 0) is 4.79 Å². The monoisotopic (exact) mass is 375 g/mol. The van der Waals surface area contributed by atoms with Crippen LogP contribution in [-0.4, -0.2) is 65.5 Å². The van der Waals surface area contributed by atoms with Gasteiger partial charge in [-0.05, 0) is 23.9 Å². The molecule has 0 spiro atoms. The van der Waals surface area contributed by atoms with E-state index in [0.717, 1.165) is 20.5 Å². The second-order valence-electron chi connectivity index (χ2n) is 6.21. The van der Waals surface area contributed by atoms with Gasteiger partial charge in [0.25, 0.3) is 5.91 Å². The number of aryl methyl sites for hydroxylation is 1. The number of benzene rings is 1. The molecule has 1 aromatic heterocycles. The fraction of sp³-hybridized carbons (Fsp3) is 0.389. The van der Waals surface area contributed by atoms with Gasteiger partial charge in [0, 0.05) is 37.4 Å². The lowest BCUT2D eigenvalue weighted by molar-refractivity contribution is -0.136. The summed E-state index contributed by atoms with van der Waals surface area (Å²) in [4.78, 5) is 39.5. The predicted octanol–water partition coefficient (Wildman–Crippen LogP) is 2.15. The lowest BCUT2D eigenvalue weighted by Gasteiger charge is -2.34. The Labute approximate surface area is 155 Å². The maximum Gasteiger partial charge on any atom is 0.317 e. The molecule has 7 nitrogen and oxygen atoms in total. The molecule has 2 N–H and O–H groups in total. The van der Waals surface area contributed by atoms with Crippen molar-refractivity contribution in [3.05, 3.63) is 34.7 Å². The van der Waals surface area contributed by atoms with Crippen LogP contribution in [0.3, 0.4) is 0 Å². The molecule has 0 saturated carbocycles. The first kappa shape index (κ1) is 18.2. The zero-order valence-electron chi connectivity index (χ0n) is 14.5. The third-order valence-electron chi connectivity index (χ3n) is 4.51. The van der Waals surface area contributed by atoms with Gasteiger partial charge in [-0.3, -0.25) is 9.59 Å². The highest BCUT2D eigenvalue weighted by atomic mass is 32.1. The Morgan fingerprint density at radius 2 is 1.77 bits per heavy atom. The average Bonchev–Trinajstić information content (AvgIpc) is 2.98. The van der Waals surface area contributed by atoms with Gasteiger partial charge < -0.3 is 20.2 Å². The van der Waals surface area contributed by atoms with E-state index in [1.807, 2.05) is 31.2 Å². The number of carbonyl (C=O) groups is 3. The Morgan fingerprint density at radius 1 is 1.12 bits per heavy atom. The van der Waals surface area contributed by atoms with Crippen LogP contribution in [0.2, 0.25) is 0 Å². The highest BCUT2D eigenvalue weighted by molar-refractivity contribution is 7.21. The number of rotatable bonds is 4. The SMILES string of the molecule is Cc1c(C(=O)N2CCN(C(=O)NCCC(=O)O)CC2)sc2ccccc12. The molecule has 138 valence electrons. The summed E-state index contributed by atoms with van der Waals surface area (Å²) >= 11 is 1.51. The van der Waals surface area contributed by atoms with Crippen molar-refractivity contribution in [3.8, 4) is 0 Å². The quantitative estimate of drug-likeness (QED) is 0.857. The minimum absolute atomic E-state index is 0.00892. The highest BCUT2D eigenvalue weighted by Gasteiger charge is 2.27. The standard InChI is InChI=1S/C18H21N3O4S/c1-12-13-4-2-3-5-14(13)26-16(12)17(24)20-8-10-21(11-9-20)18(25)19-7-6-15(22)23/h2-5H,6-11H2,1H3,(H,19,25)(H,22,23). The molecule has 0 bridgehead atoms. The molecule has 2 heterocycles. The van der Waals surface area contributed by atoms with E-state index < -0.39 is 5.97 Å². The Morgan fingerprint density at radius 3 is 2.42 bits per heavy atom. The number of amides is 3. The fourth-order valence-electron chi connectivity index (χ4n) is 3.02. The van der Waals surface area contributed by atoms with Gasteiger partial charge in [0.1, 0.15) is 0 Å². The second kappa shape index (κ2) is 7.74. The third kappa shape index (κ3) is 3.80. The average molecular weight is 375 g/mol. The Balaban J connectivity index is 1.59. The summed E-state index contributed by atoms with van der Waals surface area (Å²) in [6.45, 7) is 3.90.